The smallest absolute Gasteiger partial charge is 0.187 e. The maximum Gasteiger partial charge on any atom is 0.187 e. The van der Waals surface area contributed by atoms with Crippen LogP contribution in [-0.4, -0.2) is 79.1 Å². The van der Waals surface area contributed by atoms with Crippen molar-refractivity contribution in [2.24, 2.45) is 0 Å². The zero-order valence-electron chi connectivity index (χ0n) is 36.2. The minimum absolute atomic E-state index is 0.0845. The van der Waals surface area contributed by atoms with Crippen LogP contribution in [0.2, 0.25) is 0 Å². The summed E-state index contributed by atoms with van der Waals surface area (Å²) in [5.74, 6) is 0. The third-order valence-corrected chi connectivity index (χ3v) is 11.0. The molecule has 8 atom stereocenters. The standard InChI is InChI=1S/C54H60O10/c55-32-31-48(59-35-43-23-11-3-12-24-43)50(47(56)39-57-33-41-19-7-1-8-20-41)64-54-53(62-38-46-29-17-6-18-30-46)52(61-37-45-27-15-5-16-28-45)51(60-36-44-25-13-4-14-26-44)49(63-54)40-58-34-42-21-9-2-10-22-42/h1-30,47-56H,31-40H2/t47-,48-,49-,50-,51-,52+,53-,54+/m1/s1. The molecule has 10 nitrogen and oxygen atoms in total. The maximum atomic E-state index is 12.1. The second kappa shape index (κ2) is 26.0. The summed E-state index contributed by atoms with van der Waals surface area (Å²) < 4.78 is 53.7. The van der Waals surface area contributed by atoms with Crippen molar-refractivity contribution in [2.75, 3.05) is 19.8 Å². The summed E-state index contributed by atoms with van der Waals surface area (Å²) in [7, 11) is 0. The van der Waals surface area contributed by atoms with Crippen LogP contribution in [-0.2, 0) is 77.5 Å². The summed E-state index contributed by atoms with van der Waals surface area (Å²) in [5, 5.41) is 22.6. The fraction of sp³-hybridized carbons (Fsp3) is 0.333. The fourth-order valence-corrected chi connectivity index (χ4v) is 7.65. The third kappa shape index (κ3) is 14.7. The molecule has 0 spiro atoms. The van der Waals surface area contributed by atoms with Crippen LogP contribution >= 0.6 is 0 Å². The van der Waals surface area contributed by atoms with E-state index in [9.17, 15) is 10.2 Å². The molecular weight excluding hydrogens is 809 g/mol. The topological polar surface area (TPSA) is 114 Å². The van der Waals surface area contributed by atoms with Crippen LogP contribution in [0.1, 0.15) is 39.8 Å². The molecule has 0 amide bonds. The first-order valence-corrected chi connectivity index (χ1v) is 22.1. The Labute approximate surface area is 377 Å². The molecule has 7 rings (SSSR count). The van der Waals surface area contributed by atoms with E-state index >= 15 is 0 Å². The summed E-state index contributed by atoms with van der Waals surface area (Å²) in [5.41, 5.74) is 5.79. The number of aliphatic hydroxyl groups is 2. The number of hydrogen-bond donors (Lipinski definition) is 2. The quantitative estimate of drug-likeness (QED) is 0.0550. The first kappa shape index (κ1) is 46.9. The summed E-state index contributed by atoms with van der Waals surface area (Å²) in [6.45, 7) is 1.39. The largest absolute Gasteiger partial charge is 0.396 e. The molecule has 0 bridgehead atoms. The number of ether oxygens (including phenoxy) is 8. The van der Waals surface area contributed by atoms with Gasteiger partial charge < -0.3 is 48.1 Å². The Morgan fingerprint density at radius 2 is 0.844 bits per heavy atom. The Bertz CT molecular complexity index is 2120. The van der Waals surface area contributed by atoms with Gasteiger partial charge in [-0.1, -0.05) is 182 Å². The van der Waals surface area contributed by atoms with E-state index in [-0.39, 0.29) is 59.3 Å². The van der Waals surface area contributed by atoms with Crippen molar-refractivity contribution in [3.63, 3.8) is 0 Å². The van der Waals surface area contributed by atoms with E-state index in [2.05, 4.69) is 0 Å². The molecule has 336 valence electrons. The molecule has 0 aliphatic carbocycles. The van der Waals surface area contributed by atoms with Gasteiger partial charge in [0, 0.05) is 6.61 Å². The summed E-state index contributed by atoms with van der Waals surface area (Å²) >= 11 is 0. The van der Waals surface area contributed by atoms with Crippen LogP contribution in [0.4, 0.5) is 0 Å². The molecule has 1 aliphatic heterocycles. The van der Waals surface area contributed by atoms with Gasteiger partial charge in [0.05, 0.1) is 59.0 Å². The summed E-state index contributed by atoms with van der Waals surface area (Å²) in [6, 6.07) is 59.3. The second-order valence-corrected chi connectivity index (χ2v) is 15.8. The normalized spacial score (nSPS) is 20.1. The zero-order valence-corrected chi connectivity index (χ0v) is 36.2. The highest BCUT2D eigenvalue weighted by atomic mass is 16.7. The Kier molecular flexibility index (Phi) is 19.1. The maximum absolute atomic E-state index is 12.1. The Morgan fingerprint density at radius 3 is 1.30 bits per heavy atom. The van der Waals surface area contributed by atoms with E-state index in [1.54, 1.807) is 0 Å². The lowest BCUT2D eigenvalue weighted by Crippen LogP contribution is -2.63. The molecule has 1 fully saturated rings. The molecule has 6 aromatic rings. The van der Waals surface area contributed by atoms with Crippen LogP contribution < -0.4 is 0 Å². The number of benzene rings is 6. The van der Waals surface area contributed by atoms with Crippen molar-refractivity contribution in [3.8, 4) is 0 Å². The molecular formula is C54H60O10. The molecule has 10 heteroatoms. The van der Waals surface area contributed by atoms with Crippen LogP contribution in [0.3, 0.4) is 0 Å². The second-order valence-electron chi connectivity index (χ2n) is 15.8. The Balaban J connectivity index is 1.24. The van der Waals surface area contributed by atoms with Gasteiger partial charge in [0.2, 0.25) is 0 Å². The Morgan fingerprint density at radius 1 is 0.453 bits per heavy atom. The van der Waals surface area contributed by atoms with Gasteiger partial charge in [-0.2, -0.15) is 0 Å². The predicted molar refractivity (Wildman–Crippen MR) is 244 cm³/mol. The molecule has 1 aliphatic rings. The summed E-state index contributed by atoms with van der Waals surface area (Å²) in [4.78, 5) is 0. The summed E-state index contributed by atoms with van der Waals surface area (Å²) in [6.07, 6.45) is -7.09. The van der Waals surface area contributed by atoms with E-state index in [0.29, 0.717) is 6.61 Å². The molecule has 0 aromatic heterocycles. The molecule has 6 aromatic carbocycles. The number of aliphatic hydroxyl groups excluding tert-OH is 2. The van der Waals surface area contributed by atoms with Crippen molar-refractivity contribution in [2.45, 2.75) is 95.1 Å². The minimum Gasteiger partial charge on any atom is -0.396 e. The van der Waals surface area contributed by atoms with Crippen molar-refractivity contribution in [1.82, 2.24) is 0 Å². The highest BCUT2D eigenvalue weighted by Crippen LogP contribution is 2.34. The highest BCUT2D eigenvalue weighted by molar-refractivity contribution is 5.18. The molecule has 1 heterocycles. The average Bonchev–Trinajstić information content (AvgIpc) is 3.35. The van der Waals surface area contributed by atoms with E-state index in [1.807, 2.05) is 182 Å². The van der Waals surface area contributed by atoms with Crippen molar-refractivity contribution in [1.29, 1.82) is 0 Å². The van der Waals surface area contributed by atoms with Gasteiger partial charge in [-0.3, -0.25) is 0 Å². The average molecular weight is 869 g/mol. The van der Waals surface area contributed by atoms with Crippen molar-refractivity contribution in [3.05, 3.63) is 215 Å². The van der Waals surface area contributed by atoms with Gasteiger partial charge in [0.15, 0.2) is 6.29 Å². The van der Waals surface area contributed by atoms with Gasteiger partial charge in [-0.25, -0.2) is 0 Å². The van der Waals surface area contributed by atoms with Crippen molar-refractivity contribution < 1.29 is 48.1 Å². The van der Waals surface area contributed by atoms with E-state index in [4.69, 9.17) is 37.9 Å². The zero-order chi connectivity index (χ0) is 44.0. The van der Waals surface area contributed by atoms with E-state index in [0.717, 1.165) is 33.4 Å². The van der Waals surface area contributed by atoms with Gasteiger partial charge in [0.25, 0.3) is 0 Å². The van der Waals surface area contributed by atoms with Crippen LogP contribution in [0.5, 0.6) is 0 Å². The van der Waals surface area contributed by atoms with Gasteiger partial charge in [-0.05, 0) is 39.8 Å². The van der Waals surface area contributed by atoms with Crippen molar-refractivity contribution >= 4 is 0 Å². The Hall–Kier alpha value is -5.08. The van der Waals surface area contributed by atoms with Gasteiger partial charge in [0.1, 0.15) is 36.6 Å². The third-order valence-electron chi connectivity index (χ3n) is 11.0. The highest BCUT2D eigenvalue weighted by Gasteiger charge is 2.51. The molecule has 2 N–H and O–H groups in total. The molecule has 0 unspecified atom stereocenters. The SMILES string of the molecule is OCC[C@@H](OCc1ccccc1)[C@H](O[C@@H]1O[C@H](COCc2ccccc2)[C@@H](OCc2ccccc2)[C@H](OCc2ccccc2)[C@H]1OCc1ccccc1)[C@H](O)COCc1ccccc1. The minimum atomic E-state index is -1.21. The lowest BCUT2D eigenvalue weighted by Gasteiger charge is -2.47. The first-order valence-electron chi connectivity index (χ1n) is 22.1. The van der Waals surface area contributed by atoms with Crippen LogP contribution in [0.25, 0.3) is 0 Å². The van der Waals surface area contributed by atoms with E-state index in [1.165, 1.54) is 0 Å². The molecule has 1 saturated heterocycles. The van der Waals surface area contributed by atoms with Crippen LogP contribution in [0, 0.1) is 0 Å². The van der Waals surface area contributed by atoms with Crippen LogP contribution in [0.15, 0.2) is 182 Å². The first-order chi connectivity index (χ1) is 31.6. The lowest BCUT2D eigenvalue weighted by molar-refractivity contribution is -0.347. The van der Waals surface area contributed by atoms with Gasteiger partial charge in [-0.15, -0.1) is 0 Å². The molecule has 64 heavy (non-hydrogen) atoms. The van der Waals surface area contributed by atoms with Gasteiger partial charge >= 0.3 is 0 Å². The predicted octanol–water partition coefficient (Wildman–Crippen LogP) is 8.62. The molecule has 0 saturated carbocycles. The number of hydrogen-bond acceptors (Lipinski definition) is 10. The monoisotopic (exact) mass is 868 g/mol. The number of rotatable bonds is 26. The lowest BCUT2D eigenvalue weighted by atomic mass is 9.97. The molecule has 0 radical (unpaired) electrons. The van der Waals surface area contributed by atoms with E-state index < -0.39 is 49.0 Å². The fourth-order valence-electron chi connectivity index (χ4n) is 7.65.